The molecule has 1 aromatic rings. The monoisotopic (exact) mass is 327 g/mol. The molecule has 19 heavy (non-hydrogen) atoms. The molecule has 1 aliphatic rings. The van der Waals surface area contributed by atoms with Crippen LogP contribution in [0.15, 0.2) is 28.7 Å². The molecule has 1 atom stereocenters. The van der Waals surface area contributed by atoms with Gasteiger partial charge in [-0.25, -0.2) is 0 Å². The van der Waals surface area contributed by atoms with Crippen LogP contribution in [0.5, 0.6) is 5.75 Å². The average Bonchev–Trinajstić information content (AvgIpc) is 2.93. The lowest BCUT2D eigenvalue weighted by Gasteiger charge is -2.23. The molecule has 0 aromatic heterocycles. The number of nitrogens with zero attached hydrogens (tertiary/aromatic N) is 1. The van der Waals surface area contributed by atoms with E-state index in [1.807, 2.05) is 24.3 Å². The van der Waals surface area contributed by atoms with Gasteiger partial charge in [0.25, 0.3) is 0 Å². The first-order valence-electron chi connectivity index (χ1n) is 7.00. The van der Waals surface area contributed by atoms with Gasteiger partial charge in [-0.3, -0.25) is 4.90 Å². The molecular weight excluding hydrogens is 306 g/mol. The highest BCUT2D eigenvalue weighted by Gasteiger charge is 2.18. The standard InChI is InChI=1S/C15H22BrNO2/c1-2-17(12-15-4-3-10-18-15)9-11-19-14-7-5-13(16)6-8-14/h5-8,15H,2-4,9-12H2,1H3. The Morgan fingerprint density at radius 2 is 2.16 bits per heavy atom. The summed E-state index contributed by atoms with van der Waals surface area (Å²) in [5.41, 5.74) is 0. The van der Waals surface area contributed by atoms with E-state index < -0.39 is 0 Å². The summed E-state index contributed by atoms with van der Waals surface area (Å²) in [6, 6.07) is 7.97. The second kappa shape index (κ2) is 7.88. The van der Waals surface area contributed by atoms with Crippen LogP contribution in [0.1, 0.15) is 19.8 Å². The summed E-state index contributed by atoms with van der Waals surface area (Å²) in [4.78, 5) is 2.40. The molecule has 1 aliphatic heterocycles. The molecule has 3 nitrogen and oxygen atoms in total. The Kier molecular flexibility index (Phi) is 6.14. The van der Waals surface area contributed by atoms with Crippen molar-refractivity contribution in [2.24, 2.45) is 0 Å². The zero-order chi connectivity index (χ0) is 13.5. The van der Waals surface area contributed by atoms with Gasteiger partial charge in [-0.1, -0.05) is 22.9 Å². The van der Waals surface area contributed by atoms with Crippen LogP contribution in [0.2, 0.25) is 0 Å². The van der Waals surface area contributed by atoms with Gasteiger partial charge in [-0.15, -0.1) is 0 Å². The first-order chi connectivity index (χ1) is 9.28. The topological polar surface area (TPSA) is 21.7 Å². The fourth-order valence-electron chi connectivity index (χ4n) is 2.28. The predicted octanol–water partition coefficient (Wildman–Crippen LogP) is 3.33. The number of ether oxygens (including phenoxy) is 2. The first-order valence-corrected chi connectivity index (χ1v) is 7.79. The minimum atomic E-state index is 0.424. The van der Waals surface area contributed by atoms with Gasteiger partial charge >= 0.3 is 0 Å². The van der Waals surface area contributed by atoms with Crippen LogP contribution < -0.4 is 4.74 Å². The van der Waals surface area contributed by atoms with Gasteiger partial charge in [0.05, 0.1) is 6.10 Å². The van der Waals surface area contributed by atoms with Crippen molar-refractivity contribution >= 4 is 15.9 Å². The third-order valence-corrected chi connectivity index (χ3v) is 3.95. The molecular formula is C15H22BrNO2. The highest BCUT2D eigenvalue weighted by Crippen LogP contribution is 2.16. The van der Waals surface area contributed by atoms with Crippen LogP contribution in [0, 0.1) is 0 Å². The van der Waals surface area contributed by atoms with Gasteiger partial charge in [0.15, 0.2) is 0 Å². The van der Waals surface area contributed by atoms with E-state index in [4.69, 9.17) is 9.47 Å². The Morgan fingerprint density at radius 3 is 2.79 bits per heavy atom. The van der Waals surface area contributed by atoms with Crippen molar-refractivity contribution in [3.05, 3.63) is 28.7 Å². The molecule has 0 saturated carbocycles. The normalized spacial score (nSPS) is 19.0. The molecule has 0 spiro atoms. The minimum Gasteiger partial charge on any atom is -0.492 e. The van der Waals surface area contributed by atoms with Crippen molar-refractivity contribution < 1.29 is 9.47 Å². The van der Waals surface area contributed by atoms with E-state index in [0.717, 1.165) is 43.1 Å². The number of likely N-dealkylation sites (N-methyl/N-ethyl adjacent to an activating group) is 1. The molecule has 0 N–H and O–H groups in total. The van der Waals surface area contributed by atoms with E-state index in [9.17, 15) is 0 Å². The number of benzene rings is 1. The molecule has 1 fully saturated rings. The van der Waals surface area contributed by atoms with Crippen LogP contribution >= 0.6 is 15.9 Å². The van der Waals surface area contributed by atoms with Crippen LogP contribution in [-0.4, -0.2) is 43.9 Å². The fourth-order valence-corrected chi connectivity index (χ4v) is 2.54. The smallest absolute Gasteiger partial charge is 0.119 e. The molecule has 0 aliphatic carbocycles. The van der Waals surface area contributed by atoms with Gasteiger partial charge < -0.3 is 9.47 Å². The molecule has 1 saturated heterocycles. The van der Waals surface area contributed by atoms with Gasteiger partial charge in [0, 0.05) is 24.2 Å². The molecule has 1 aromatic carbocycles. The zero-order valence-electron chi connectivity index (χ0n) is 11.5. The van der Waals surface area contributed by atoms with Gasteiger partial charge in [-0.05, 0) is 43.7 Å². The van der Waals surface area contributed by atoms with Gasteiger partial charge in [0.1, 0.15) is 12.4 Å². The minimum absolute atomic E-state index is 0.424. The van der Waals surface area contributed by atoms with Crippen molar-refractivity contribution in [2.75, 3.05) is 32.8 Å². The van der Waals surface area contributed by atoms with Gasteiger partial charge in [-0.2, -0.15) is 0 Å². The highest BCUT2D eigenvalue weighted by molar-refractivity contribution is 9.10. The van der Waals surface area contributed by atoms with Crippen molar-refractivity contribution in [1.82, 2.24) is 4.90 Å². The first kappa shape index (κ1) is 14.8. The predicted molar refractivity (Wildman–Crippen MR) is 80.7 cm³/mol. The Morgan fingerprint density at radius 1 is 1.37 bits per heavy atom. The lowest BCUT2D eigenvalue weighted by atomic mass is 10.2. The van der Waals surface area contributed by atoms with E-state index in [2.05, 4.69) is 27.8 Å². The summed E-state index contributed by atoms with van der Waals surface area (Å²) in [5, 5.41) is 0. The summed E-state index contributed by atoms with van der Waals surface area (Å²) in [6.45, 7) is 6.87. The molecule has 4 heteroatoms. The summed E-state index contributed by atoms with van der Waals surface area (Å²) < 4.78 is 12.5. The third-order valence-electron chi connectivity index (χ3n) is 3.42. The Hall–Kier alpha value is -0.580. The van der Waals surface area contributed by atoms with Crippen molar-refractivity contribution in [1.29, 1.82) is 0 Å². The van der Waals surface area contributed by atoms with Crippen LogP contribution in [-0.2, 0) is 4.74 Å². The summed E-state index contributed by atoms with van der Waals surface area (Å²) in [5.74, 6) is 0.927. The molecule has 2 rings (SSSR count). The number of hydrogen-bond acceptors (Lipinski definition) is 3. The molecule has 0 amide bonds. The van der Waals surface area contributed by atoms with E-state index in [-0.39, 0.29) is 0 Å². The summed E-state index contributed by atoms with van der Waals surface area (Å²) >= 11 is 3.42. The maximum absolute atomic E-state index is 5.75. The molecule has 0 bridgehead atoms. The summed E-state index contributed by atoms with van der Waals surface area (Å²) in [6.07, 6.45) is 2.83. The van der Waals surface area contributed by atoms with Crippen molar-refractivity contribution in [2.45, 2.75) is 25.9 Å². The summed E-state index contributed by atoms with van der Waals surface area (Å²) in [7, 11) is 0. The third kappa shape index (κ3) is 5.13. The maximum atomic E-state index is 5.75. The Labute approximate surface area is 124 Å². The van der Waals surface area contributed by atoms with Crippen molar-refractivity contribution in [3.63, 3.8) is 0 Å². The van der Waals surface area contributed by atoms with E-state index in [1.165, 1.54) is 12.8 Å². The second-order valence-corrected chi connectivity index (χ2v) is 5.75. The molecule has 1 heterocycles. The zero-order valence-corrected chi connectivity index (χ0v) is 13.1. The van der Waals surface area contributed by atoms with Crippen LogP contribution in [0.4, 0.5) is 0 Å². The quantitative estimate of drug-likeness (QED) is 0.766. The van der Waals surface area contributed by atoms with Gasteiger partial charge in [0.2, 0.25) is 0 Å². The molecule has 1 unspecified atom stereocenters. The fraction of sp³-hybridized carbons (Fsp3) is 0.600. The largest absolute Gasteiger partial charge is 0.492 e. The van der Waals surface area contributed by atoms with Crippen molar-refractivity contribution in [3.8, 4) is 5.75 Å². The second-order valence-electron chi connectivity index (χ2n) is 4.83. The number of rotatable bonds is 7. The molecule has 106 valence electrons. The van der Waals surface area contributed by atoms with E-state index in [1.54, 1.807) is 0 Å². The van der Waals surface area contributed by atoms with E-state index >= 15 is 0 Å². The number of hydrogen-bond donors (Lipinski definition) is 0. The highest BCUT2D eigenvalue weighted by atomic mass is 79.9. The maximum Gasteiger partial charge on any atom is 0.119 e. The lowest BCUT2D eigenvalue weighted by Crippen LogP contribution is -2.35. The Balaban J connectivity index is 1.69. The SMILES string of the molecule is CCN(CCOc1ccc(Br)cc1)CC1CCCO1. The Bertz CT molecular complexity index is 363. The van der Waals surface area contributed by atoms with E-state index in [0.29, 0.717) is 6.10 Å². The van der Waals surface area contributed by atoms with Crippen LogP contribution in [0.3, 0.4) is 0 Å². The average molecular weight is 328 g/mol. The number of halogens is 1. The lowest BCUT2D eigenvalue weighted by molar-refractivity contribution is 0.0701. The van der Waals surface area contributed by atoms with Crippen LogP contribution in [0.25, 0.3) is 0 Å². The molecule has 0 radical (unpaired) electrons.